The lowest BCUT2D eigenvalue weighted by atomic mass is 10.1. The first-order chi connectivity index (χ1) is 5.43. The van der Waals surface area contributed by atoms with Gasteiger partial charge in [0.25, 0.3) is 0 Å². The second-order valence-corrected chi connectivity index (χ2v) is 2.92. The van der Waals surface area contributed by atoms with Crippen molar-refractivity contribution in [1.29, 1.82) is 0 Å². The fourth-order valence-corrected chi connectivity index (χ4v) is 1.31. The molecule has 3 heteroatoms. The van der Waals surface area contributed by atoms with Crippen LogP contribution in [0.3, 0.4) is 0 Å². The van der Waals surface area contributed by atoms with Crippen LogP contribution in [0.5, 0.6) is 0 Å². The lowest BCUT2D eigenvalue weighted by molar-refractivity contribution is 0.0165. The Balaban J connectivity index is 1.96. The van der Waals surface area contributed by atoms with Gasteiger partial charge in [-0.15, -0.1) is 0 Å². The van der Waals surface area contributed by atoms with E-state index in [4.69, 9.17) is 9.84 Å². The number of ether oxygens (including phenoxy) is 1. The van der Waals surface area contributed by atoms with E-state index >= 15 is 0 Å². The molecule has 1 rings (SSSR count). The molecule has 1 fully saturated rings. The van der Waals surface area contributed by atoms with Gasteiger partial charge >= 0.3 is 0 Å². The second kappa shape index (κ2) is 5.52. The van der Waals surface area contributed by atoms with Crippen molar-refractivity contribution in [1.82, 2.24) is 5.32 Å². The number of aliphatic hydroxyl groups is 1. The molecule has 1 unspecified atom stereocenters. The first-order valence-corrected chi connectivity index (χ1v) is 4.36. The summed E-state index contributed by atoms with van der Waals surface area (Å²) in [6.45, 7) is 2.69. The molecule has 0 aromatic heterocycles. The summed E-state index contributed by atoms with van der Waals surface area (Å²) in [5.74, 6) is 0. The smallest absolute Gasteiger partial charge is 0.0699 e. The van der Waals surface area contributed by atoms with E-state index in [0.29, 0.717) is 12.6 Å². The van der Waals surface area contributed by atoms with E-state index in [0.717, 1.165) is 13.2 Å². The molecule has 1 atom stereocenters. The molecular formula is C8H17NO2. The van der Waals surface area contributed by atoms with Crippen LogP contribution in [0.2, 0.25) is 0 Å². The molecule has 1 heterocycles. The molecule has 1 aliphatic rings. The van der Waals surface area contributed by atoms with E-state index in [-0.39, 0.29) is 6.61 Å². The van der Waals surface area contributed by atoms with E-state index in [1.165, 1.54) is 19.3 Å². The molecule has 0 bridgehead atoms. The highest BCUT2D eigenvalue weighted by Crippen LogP contribution is 2.11. The first kappa shape index (κ1) is 8.97. The number of hydrogen-bond donors (Lipinski definition) is 2. The lowest BCUT2D eigenvalue weighted by Crippen LogP contribution is -2.33. The van der Waals surface area contributed by atoms with E-state index < -0.39 is 0 Å². The first-order valence-electron chi connectivity index (χ1n) is 4.36. The standard InChI is InChI=1S/C8H17NO2/c10-5-4-9-7-8-3-1-2-6-11-8/h8-10H,1-7H2. The van der Waals surface area contributed by atoms with Crippen molar-refractivity contribution in [3.05, 3.63) is 0 Å². The number of nitrogens with one attached hydrogen (secondary N) is 1. The van der Waals surface area contributed by atoms with Crippen LogP contribution in [0.25, 0.3) is 0 Å². The Morgan fingerprint density at radius 1 is 1.45 bits per heavy atom. The summed E-state index contributed by atoms with van der Waals surface area (Å²) in [6.07, 6.45) is 4.04. The molecule has 0 spiro atoms. The molecule has 66 valence electrons. The molecular weight excluding hydrogens is 142 g/mol. The average Bonchev–Trinajstić information content (AvgIpc) is 2.07. The number of aliphatic hydroxyl groups excluding tert-OH is 1. The van der Waals surface area contributed by atoms with Crippen LogP contribution in [0.15, 0.2) is 0 Å². The fraction of sp³-hybridized carbons (Fsp3) is 1.00. The summed E-state index contributed by atoms with van der Waals surface area (Å²) in [5, 5.41) is 11.6. The van der Waals surface area contributed by atoms with E-state index in [2.05, 4.69) is 5.32 Å². The Labute approximate surface area is 67.7 Å². The van der Waals surface area contributed by atoms with Gasteiger partial charge in [0.1, 0.15) is 0 Å². The van der Waals surface area contributed by atoms with Crippen molar-refractivity contribution >= 4 is 0 Å². The number of hydrogen-bond acceptors (Lipinski definition) is 3. The zero-order chi connectivity index (χ0) is 7.94. The van der Waals surface area contributed by atoms with Crippen LogP contribution in [-0.4, -0.2) is 37.5 Å². The summed E-state index contributed by atoms with van der Waals surface area (Å²) in [4.78, 5) is 0. The molecule has 2 N–H and O–H groups in total. The van der Waals surface area contributed by atoms with Crippen LogP contribution < -0.4 is 5.32 Å². The van der Waals surface area contributed by atoms with Crippen molar-refractivity contribution in [3.63, 3.8) is 0 Å². The van der Waals surface area contributed by atoms with Gasteiger partial charge < -0.3 is 15.2 Å². The maximum atomic E-state index is 8.49. The van der Waals surface area contributed by atoms with E-state index in [1.54, 1.807) is 0 Å². The maximum Gasteiger partial charge on any atom is 0.0699 e. The second-order valence-electron chi connectivity index (χ2n) is 2.92. The highest BCUT2D eigenvalue weighted by atomic mass is 16.5. The summed E-state index contributed by atoms with van der Waals surface area (Å²) >= 11 is 0. The minimum absolute atomic E-state index is 0.215. The largest absolute Gasteiger partial charge is 0.395 e. The third-order valence-corrected chi connectivity index (χ3v) is 1.93. The summed E-state index contributed by atoms with van der Waals surface area (Å²) < 4.78 is 5.48. The van der Waals surface area contributed by atoms with E-state index in [9.17, 15) is 0 Å². The van der Waals surface area contributed by atoms with Crippen LogP contribution in [0.4, 0.5) is 0 Å². The van der Waals surface area contributed by atoms with Crippen molar-refractivity contribution < 1.29 is 9.84 Å². The monoisotopic (exact) mass is 159 g/mol. The van der Waals surface area contributed by atoms with Crippen LogP contribution >= 0.6 is 0 Å². The fourth-order valence-electron chi connectivity index (χ4n) is 1.31. The highest BCUT2D eigenvalue weighted by Gasteiger charge is 2.12. The topological polar surface area (TPSA) is 41.5 Å². The van der Waals surface area contributed by atoms with Gasteiger partial charge in [0, 0.05) is 19.7 Å². The molecule has 0 aromatic carbocycles. The van der Waals surface area contributed by atoms with Gasteiger partial charge in [-0.3, -0.25) is 0 Å². The predicted molar refractivity (Wildman–Crippen MR) is 43.5 cm³/mol. The quantitative estimate of drug-likeness (QED) is 0.573. The Hall–Kier alpha value is -0.120. The normalized spacial score (nSPS) is 25.4. The van der Waals surface area contributed by atoms with Gasteiger partial charge in [-0.1, -0.05) is 0 Å². The zero-order valence-corrected chi connectivity index (χ0v) is 6.88. The highest BCUT2D eigenvalue weighted by molar-refractivity contribution is 4.65. The van der Waals surface area contributed by atoms with Crippen LogP contribution in [0.1, 0.15) is 19.3 Å². The van der Waals surface area contributed by atoms with Gasteiger partial charge in [0.15, 0.2) is 0 Å². The molecule has 11 heavy (non-hydrogen) atoms. The summed E-state index contributed by atoms with van der Waals surface area (Å²) in [6, 6.07) is 0. The molecule has 1 aliphatic heterocycles. The Kier molecular flexibility index (Phi) is 4.50. The maximum absolute atomic E-state index is 8.49. The summed E-state index contributed by atoms with van der Waals surface area (Å²) in [7, 11) is 0. The molecule has 0 aromatic rings. The van der Waals surface area contributed by atoms with Crippen molar-refractivity contribution in [2.75, 3.05) is 26.3 Å². The Morgan fingerprint density at radius 2 is 2.36 bits per heavy atom. The van der Waals surface area contributed by atoms with Crippen molar-refractivity contribution in [2.24, 2.45) is 0 Å². The predicted octanol–water partition coefficient (Wildman–Crippen LogP) is 0.137. The molecule has 3 nitrogen and oxygen atoms in total. The minimum Gasteiger partial charge on any atom is -0.395 e. The molecule has 0 amide bonds. The lowest BCUT2D eigenvalue weighted by Gasteiger charge is -2.22. The number of rotatable bonds is 4. The zero-order valence-electron chi connectivity index (χ0n) is 6.88. The Morgan fingerprint density at radius 3 is 3.00 bits per heavy atom. The molecule has 0 saturated carbocycles. The molecule has 1 saturated heterocycles. The van der Waals surface area contributed by atoms with Crippen LogP contribution in [0, 0.1) is 0 Å². The van der Waals surface area contributed by atoms with E-state index in [1.807, 2.05) is 0 Å². The van der Waals surface area contributed by atoms with Gasteiger partial charge in [0.05, 0.1) is 12.7 Å². The van der Waals surface area contributed by atoms with Crippen molar-refractivity contribution in [3.8, 4) is 0 Å². The SMILES string of the molecule is OCCNCC1CCCCO1. The van der Waals surface area contributed by atoms with Crippen molar-refractivity contribution in [2.45, 2.75) is 25.4 Å². The van der Waals surface area contributed by atoms with Crippen LogP contribution in [-0.2, 0) is 4.74 Å². The average molecular weight is 159 g/mol. The Bertz CT molecular complexity index is 92.1. The van der Waals surface area contributed by atoms with Gasteiger partial charge in [0.2, 0.25) is 0 Å². The van der Waals surface area contributed by atoms with Gasteiger partial charge in [-0.25, -0.2) is 0 Å². The summed E-state index contributed by atoms with van der Waals surface area (Å²) in [5.41, 5.74) is 0. The minimum atomic E-state index is 0.215. The molecule has 0 radical (unpaired) electrons. The third-order valence-electron chi connectivity index (χ3n) is 1.93. The molecule has 0 aliphatic carbocycles. The third kappa shape index (κ3) is 3.70. The van der Waals surface area contributed by atoms with Gasteiger partial charge in [-0.05, 0) is 19.3 Å². The van der Waals surface area contributed by atoms with Gasteiger partial charge in [-0.2, -0.15) is 0 Å².